The highest BCUT2D eigenvalue weighted by atomic mass is 19.1. The standard InChI is InChI=1S/C16H22F2N2O3/c1-2-23-11-12(21)10-19-6-8-20(9-7-19)16(22)15-13(17)4-3-5-14(15)18/h3-5,12,21H,2,6-11H2,1H3. The van der Waals surface area contributed by atoms with Crippen LogP contribution in [-0.4, -0.2) is 72.9 Å². The van der Waals surface area contributed by atoms with Crippen molar-refractivity contribution in [3.05, 3.63) is 35.4 Å². The maximum atomic E-state index is 13.7. The van der Waals surface area contributed by atoms with Gasteiger partial charge >= 0.3 is 0 Å². The number of benzene rings is 1. The first-order valence-corrected chi connectivity index (χ1v) is 7.74. The molecule has 5 nitrogen and oxygen atoms in total. The molecule has 0 spiro atoms. The molecule has 1 aliphatic heterocycles. The third-order valence-electron chi connectivity index (χ3n) is 3.82. The lowest BCUT2D eigenvalue weighted by molar-refractivity contribution is 0.0110. The van der Waals surface area contributed by atoms with Crippen molar-refractivity contribution >= 4 is 5.91 Å². The number of hydrogen-bond donors (Lipinski definition) is 1. The van der Waals surface area contributed by atoms with Gasteiger partial charge in [-0.05, 0) is 19.1 Å². The van der Waals surface area contributed by atoms with E-state index in [0.717, 1.165) is 12.1 Å². The van der Waals surface area contributed by atoms with Gasteiger partial charge in [-0.1, -0.05) is 6.07 Å². The molecule has 1 saturated heterocycles. The predicted molar refractivity (Wildman–Crippen MR) is 81.2 cm³/mol. The molecule has 2 rings (SSSR count). The van der Waals surface area contributed by atoms with Gasteiger partial charge in [0.2, 0.25) is 0 Å². The summed E-state index contributed by atoms with van der Waals surface area (Å²) in [5, 5.41) is 9.81. The number of nitrogens with zero attached hydrogens (tertiary/aromatic N) is 2. The van der Waals surface area contributed by atoms with Crippen LogP contribution >= 0.6 is 0 Å². The number of amides is 1. The van der Waals surface area contributed by atoms with Crippen molar-refractivity contribution in [1.29, 1.82) is 0 Å². The Kier molecular flexibility index (Phi) is 6.44. The minimum Gasteiger partial charge on any atom is -0.389 e. The summed E-state index contributed by atoms with van der Waals surface area (Å²) in [7, 11) is 0. The van der Waals surface area contributed by atoms with Crippen molar-refractivity contribution in [3.63, 3.8) is 0 Å². The van der Waals surface area contributed by atoms with Crippen LogP contribution in [0.2, 0.25) is 0 Å². The van der Waals surface area contributed by atoms with Crippen LogP contribution < -0.4 is 0 Å². The van der Waals surface area contributed by atoms with Gasteiger partial charge in [-0.2, -0.15) is 0 Å². The van der Waals surface area contributed by atoms with Crippen LogP contribution in [0.15, 0.2) is 18.2 Å². The SMILES string of the molecule is CCOCC(O)CN1CCN(C(=O)c2c(F)cccc2F)CC1. The number of hydrogen-bond acceptors (Lipinski definition) is 4. The summed E-state index contributed by atoms with van der Waals surface area (Å²) in [6.45, 7) is 4.97. The number of ether oxygens (including phenoxy) is 1. The number of piperazine rings is 1. The summed E-state index contributed by atoms with van der Waals surface area (Å²) in [5.41, 5.74) is -0.502. The van der Waals surface area contributed by atoms with Crippen molar-refractivity contribution in [2.24, 2.45) is 0 Å². The van der Waals surface area contributed by atoms with Gasteiger partial charge in [-0.15, -0.1) is 0 Å². The Bertz CT molecular complexity index is 514. The number of β-amino-alcohol motifs (C(OH)–C–C–N with tert-alkyl or cyclic N) is 1. The second kappa shape index (κ2) is 8.33. The first-order chi connectivity index (χ1) is 11.0. The summed E-state index contributed by atoms with van der Waals surface area (Å²) < 4.78 is 32.5. The lowest BCUT2D eigenvalue weighted by Crippen LogP contribution is -2.51. The highest BCUT2D eigenvalue weighted by Crippen LogP contribution is 2.16. The Morgan fingerprint density at radius 1 is 1.26 bits per heavy atom. The zero-order valence-corrected chi connectivity index (χ0v) is 13.2. The average Bonchev–Trinajstić information content (AvgIpc) is 2.53. The Morgan fingerprint density at radius 2 is 1.87 bits per heavy atom. The molecular formula is C16H22F2N2O3. The second-order valence-electron chi connectivity index (χ2n) is 5.50. The Balaban J connectivity index is 1.88. The first kappa shape index (κ1) is 17.8. The van der Waals surface area contributed by atoms with Crippen LogP contribution in [0.25, 0.3) is 0 Å². The van der Waals surface area contributed by atoms with Crippen molar-refractivity contribution in [1.82, 2.24) is 9.80 Å². The zero-order chi connectivity index (χ0) is 16.8. The molecule has 1 heterocycles. The van der Waals surface area contributed by atoms with Gasteiger partial charge in [0.15, 0.2) is 0 Å². The van der Waals surface area contributed by atoms with Crippen molar-refractivity contribution in [2.45, 2.75) is 13.0 Å². The Morgan fingerprint density at radius 3 is 2.43 bits per heavy atom. The maximum absolute atomic E-state index is 13.7. The molecule has 1 atom stereocenters. The zero-order valence-electron chi connectivity index (χ0n) is 13.2. The minimum absolute atomic E-state index is 0.274. The molecular weight excluding hydrogens is 306 g/mol. The molecule has 23 heavy (non-hydrogen) atoms. The highest BCUT2D eigenvalue weighted by molar-refractivity contribution is 5.94. The van der Waals surface area contributed by atoms with Crippen LogP contribution in [0.3, 0.4) is 0 Å². The third kappa shape index (κ3) is 4.70. The van der Waals surface area contributed by atoms with E-state index in [2.05, 4.69) is 0 Å². The van der Waals surface area contributed by atoms with Gasteiger partial charge in [0.25, 0.3) is 5.91 Å². The van der Waals surface area contributed by atoms with E-state index in [0.29, 0.717) is 39.3 Å². The van der Waals surface area contributed by atoms with Crippen LogP contribution in [0.4, 0.5) is 8.78 Å². The number of aliphatic hydroxyl groups excluding tert-OH is 1. The molecule has 0 aliphatic carbocycles. The molecule has 128 valence electrons. The lowest BCUT2D eigenvalue weighted by atomic mass is 10.1. The topological polar surface area (TPSA) is 53.0 Å². The van der Waals surface area contributed by atoms with Crippen molar-refractivity contribution in [3.8, 4) is 0 Å². The van der Waals surface area contributed by atoms with E-state index in [-0.39, 0.29) is 6.61 Å². The second-order valence-corrected chi connectivity index (χ2v) is 5.50. The molecule has 1 aromatic carbocycles. The summed E-state index contributed by atoms with van der Waals surface area (Å²) in [4.78, 5) is 15.7. The molecule has 1 amide bonds. The molecule has 1 aliphatic rings. The average molecular weight is 328 g/mol. The molecule has 1 unspecified atom stereocenters. The summed E-state index contributed by atoms with van der Waals surface area (Å²) in [6, 6.07) is 3.40. The molecule has 0 aromatic heterocycles. The summed E-state index contributed by atoms with van der Waals surface area (Å²) >= 11 is 0. The van der Waals surface area contributed by atoms with Gasteiger partial charge in [-0.25, -0.2) is 8.78 Å². The van der Waals surface area contributed by atoms with E-state index in [1.807, 2.05) is 11.8 Å². The van der Waals surface area contributed by atoms with E-state index in [1.165, 1.54) is 11.0 Å². The maximum Gasteiger partial charge on any atom is 0.259 e. The van der Waals surface area contributed by atoms with Crippen molar-refractivity contribution in [2.75, 3.05) is 45.9 Å². The summed E-state index contributed by atoms with van der Waals surface area (Å²) in [5.74, 6) is -2.32. The minimum atomic E-state index is -0.843. The number of carbonyl (C=O) groups excluding carboxylic acids is 1. The van der Waals surface area contributed by atoms with E-state index in [9.17, 15) is 18.7 Å². The van der Waals surface area contributed by atoms with Crippen LogP contribution in [0.5, 0.6) is 0 Å². The van der Waals surface area contributed by atoms with E-state index in [4.69, 9.17) is 4.74 Å². The van der Waals surface area contributed by atoms with E-state index >= 15 is 0 Å². The van der Waals surface area contributed by atoms with Crippen LogP contribution in [0, 0.1) is 11.6 Å². The number of carbonyl (C=O) groups is 1. The van der Waals surface area contributed by atoms with E-state index < -0.39 is 29.2 Å². The van der Waals surface area contributed by atoms with Gasteiger partial charge in [-0.3, -0.25) is 9.69 Å². The monoisotopic (exact) mass is 328 g/mol. The Labute approximate surface area is 134 Å². The number of rotatable bonds is 6. The fourth-order valence-corrected chi connectivity index (χ4v) is 2.60. The van der Waals surface area contributed by atoms with Crippen molar-refractivity contribution < 1.29 is 23.4 Å². The molecule has 1 N–H and O–H groups in total. The molecule has 1 fully saturated rings. The van der Waals surface area contributed by atoms with Crippen LogP contribution in [0.1, 0.15) is 17.3 Å². The fraction of sp³-hybridized carbons (Fsp3) is 0.562. The van der Waals surface area contributed by atoms with Gasteiger partial charge in [0.1, 0.15) is 17.2 Å². The van der Waals surface area contributed by atoms with Gasteiger partial charge in [0, 0.05) is 39.3 Å². The summed E-state index contributed by atoms with van der Waals surface area (Å²) in [6.07, 6.45) is -0.582. The molecule has 7 heteroatoms. The van der Waals surface area contributed by atoms with Gasteiger partial charge < -0.3 is 14.7 Å². The lowest BCUT2D eigenvalue weighted by Gasteiger charge is -2.35. The Hall–Kier alpha value is -1.57. The third-order valence-corrected chi connectivity index (χ3v) is 3.82. The number of aliphatic hydroxyl groups is 1. The van der Waals surface area contributed by atoms with E-state index in [1.54, 1.807) is 0 Å². The normalized spacial score (nSPS) is 17.3. The molecule has 1 aromatic rings. The largest absolute Gasteiger partial charge is 0.389 e. The molecule has 0 bridgehead atoms. The smallest absolute Gasteiger partial charge is 0.259 e. The first-order valence-electron chi connectivity index (χ1n) is 7.74. The molecule has 0 saturated carbocycles. The van der Waals surface area contributed by atoms with Gasteiger partial charge in [0.05, 0.1) is 12.7 Å². The molecule has 0 radical (unpaired) electrons. The number of halogens is 2. The van der Waals surface area contributed by atoms with Crippen LogP contribution in [-0.2, 0) is 4.74 Å². The fourth-order valence-electron chi connectivity index (χ4n) is 2.60. The predicted octanol–water partition coefficient (Wildman–Crippen LogP) is 1.12. The quantitative estimate of drug-likeness (QED) is 0.850. The highest BCUT2D eigenvalue weighted by Gasteiger charge is 2.27.